The molecule has 1 aromatic rings. The number of rotatable bonds is 5. The van der Waals surface area contributed by atoms with Gasteiger partial charge in [-0.25, -0.2) is 5.10 Å². The van der Waals surface area contributed by atoms with Crippen LogP contribution >= 0.6 is 0 Å². The van der Waals surface area contributed by atoms with E-state index in [4.69, 9.17) is 0 Å². The lowest BCUT2D eigenvalue weighted by Gasteiger charge is -2.34. The van der Waals surface area contributed by atoms with E-state index in [0.29, 0.717) is 6.54 Å². The molecule has 6 heteroatoms. The van der Waals surface area contributed by atoms with Crippen LogP contribution in [0.4, 0.5) is 5.69 Å². The number of nitrogens with zero attached hydrogens (tertiary/aromatic N) is 2. The highest BCUT2D eigenvalue weighted by molar-refractivity contribution is 5.79. The molecular weight excluding hydrogens is 268 g/mol. The van der Waals surface area contributed by atoms with Crippen molar-refractivity contribution in [2.45, 2.75) is 45.6 Å². The van der Waals surface area contributed by atoms with Crippen molar-refractivity contribution in [1.29, 1.82) is 0 Å². The second-order valence-corrected chi connectivity index (χ2v) is 5.61. The summed E-state index contributed by atoms with van der Waals surface area (Å²) < 4.78 is 0. The summed E-state index contributed by atoms with van der Waals surface area (Å²) in [7, 11) is 0. The van der Waals surface area contributed by atoms with Crippen molar-refractivity contribution >= 4 is 11.6 Å². The number of carbonyl (C=O) groups excluding carboxylic acids is 1. The van der Waals surface area contributed by atoms with Gasteiger partial charge in [0.2, 0.25) is 5.91 Å². The molecule has 2 rings (SSSR count). The van der Waals surface area contributed by atoms with Crippen molar-refractivity contribution in [3.05, 3.63) is 22.6 Å². The van der Waals surface area contributed by atoms with Crippen molar-refractivity contribution in [3.8, 4) is 0 Å². The maximum Gasteiger partial charge on any atom is 0.266 e. The van der Waals surface area contributed by atoms with Gasteiger partial charge in [0.25, 0.3) is 5.56 Å². The summed E-state index contributed by atoms with van der Waals surface area (Å²) in [4.78, 5) is 25.8. The Morgan fingerprint density at radius 3 is 2.95 bits per heavy atom. The molecule has 1 aliphatic rings. The van der Waals surface area contributed by atoms with Gasteiger partial charge in [-0.05, 0) is 25.7 Å². The van der Waals surface area contributed by atoms with Gasteiger partial charge in [-0.2, -0.15) is 5.10 Å². The van der Waals surface area contributed by atoms with Gasteiger partial charge in [-0.15, -0.1) is 0 Å². The molecule has 1 aliphatic heterocycles. The van der Waals surface area contributed by atoms with Gasteiger partial charge in [0.1, 0.15) is 0 Å². The van der Waals surface area contributed by atoms with Crippen LogP contribution in [-0.2, 0) is 4.79 Å². The minimum atomic E-state index is -0.212. The van der Waals surface area contributed by atoms with E-state index in [-0.39, 0.29) is 23.4 Å². The SMILES string of the molecule is CCC(CC)NC(=O)C1CCCN(c2cn[nH]c(=O)c2)C1. The Balaban J connectivity index is 2.00. The molecule has 0 aliphatic carbocycles. The van der Waals surface area contributed by atoms with Gasteiger partial charge in [-0.3, -0.25) is 9.59 Å². The highest BCUT2D eigenvalue weighted by Gasteiger charge is 2.27. The highest BCUT2D eigenvalue weighted by atomic mass is 16.2. The smallest absolute Gasteiger partial charge is 0.266 e. The molecule has 6 nitrogen and oxygen atoms in total. The minimum absolute atomic E-state index is 0.0152. The van der Waals surface area contributed by atoms with Crippen LogP contribution in [-0.4, -0.2) is 35.2 Å². The largest absolute Gasteiger partial charge is 0.369 e. The lowest BCUT2D eigenvalue weighted by molar-refractivity contribution is -0.126. The number of aromatic amines is 1. The van der Waals surface area contributed by atoms with E-state index < -0.39 is 0 Å². The summed E-state index contributed by atoms with van der Waals surface area (Å²) in [5.41, 5.74) is 0.579. The third-order valence-electron chi connectivity index (χ3n) is 4.14. The average Bonchev–Trinajstić information content (AvgIpc) is 2.52. The Kier molecular flexibility index (Phi) is 5.36. The van der Waals surface area contributed by atoms with E-state index in [1.807, 2.05) is 0 Å². The van der Waals surface area contributed by atoms with Crippen molar-refractivity contribution in [2.24, 2.45) is 5.92 Å². The standard InChI is InChI=1S/C15H24N4O2/c1-3-12(4-2)17-15(21)11-6-5-7-19(10-11)13-8-14(20)18-16-9-13/h8-9,11-12H,3-7,10H2,1-2H3,(H,17,21)(H,18,20). The minimum Gasteiger partial charge on any atom is -0.369 e. The third kappa shape index (κ3) is 4.06. The number of piperidine rings is 1. The Hall–Kier alpha value is -1.85. The molecule has 0 aromatic carbocycles. The molecule has 21 heavy (non-hydrogen) atoms. The zero-order chi connectivity index (χ0) is 15.2. The Labute approximate surface area is 124 Å². The van der Waals surface area contributed by atoms with E-state index in [0.717, 1.165) is 37.9 Å². The van der Waals surface area contributed by atoms with Crippen LogP contribution in [0.1, 0.15) is 39.5 Å². The molecule has 1 aromatic heterocycles. The monoisotopic (exact) mass is 292 g/mol. The maximum atomic E-state index is 12.3. The molecule has 1 amide bonds. The first kappa shape index (κ1) is 15.5. The number of carbonyl (C=O) groups is 1. The number of hydrogen-bond donors (Lipinski definition) is 2. The molecule has 0 bridgehead atoms. The molecule has 0 saturated carbocycles. The fourth-order valence-corrected chi connectivity index (χ4v) is 2.78. The van der Waals surface area contributed by atoms with Crippen molar-refractivity contribution in [3.63, 3.8) is 0 Å². The van der Waals surface area contributed by atoms with Crippen LogP contribution in [0.3, 0.4) is 0 Å². The third-order valence-corrected chi connectivity index (χ3v) is 4.14. The van der Waals surface area contributed by atoms with E-state index in [2.05, 4.69) is 34.3 Å². The van der Waals surface area contributed by atoms with Crippen LogP contribution in [0, 0.1) is 5.92 Å². The number of anilines is 1. The Bertz CT molecular complexity index is 524. The quantitative estimate of drug-likeness (QED) is 0.857. The first-order chi connectivity index (χ1) is 10.1. The molecule has 1 saturated heterocycles. The predicted octanol–water partition coefficient (Wildman–Crippen LogP) is 1.29. The van der Waals surface area contributed by atoms with Crippen LogP contribution in [0.25, 0.3) is 0 Å². The molecule has 2 N–H and O–H groups in total. The number of nitrogens with one attached hydrogen (secondary N) is 2. The summed E-state index contributed by atoms with van der Waals surface area (Å²) >= 11 is 0. The fraction of sp³-hybridized carbons (Fsp3) is 0.667. The van der Waals surface area contributed by atoms with E-state index >= 15 is 0 Å². The number of aromatic nitrogens is 2. The summed E-state index contributed by atoms with van der Waals surface area (Å²) in [6.45, 7) is 5.68. The summed E-state index contributed by atoms with van der Waals surface area (Å²) in [6.07, 6.45) is 5.41. The lowest BCUT2D eigenvalue weighted by atomic mass is 9.96. The van der Waals surface area contributed by atoms with Crippen molar-refractivity contribution in [2.75, 3.05) is 18.0 Å². The maximum absolute atomic E-state index is 12.3. The molecule has 1 unspecified atom stereocenters. The van der Waals surface area contributed by atoms with E-state index in [9.17, 15) is 9.59 Å². The van der Waals surface area contributed by atoms with Crippen molar-refractivity contribution in [1.82, 2.24) is 15.5 Å². The van der Waals surface area contributed by atoms with Gasteiger partial charge in [0, 0.05) is 25.2 Å². The number of hydrogen-bond acceptors (Lipinski definition) is 4. The summed E-state index contributed by atoms with van der Waals surface area (Å²) in [6, 6.07) is 1.79. The number of H-pyrrole nitrogens is 1. The van der Waals surface area contributed by atoms with Gasteiger partial charge in [0.05, 0.1) is 17.8 Å². The van der Waals surface area contributed by atoms with Gasteiger partial charge >= 0.3 is 0 Å². The molecule has 0 radical (unpaired) electrons. The van der Waals surface area contributed by atoms with Crippen LogP contribution in [0.2, 0.25) is 0 Å². The highest BCUT2D eigenvalue weighted by Crippen LogP contribution is 2.21. The molecule has 1 fully saturated rings. The Morgan fingerprint density at radius 1 is 1.52 bits per heavy atom. The Morgan fingerprint density at radius 2 is 2.29 bits per heavy atom. The van der Waals surface area contributed by atoms with Crippen molar-refractivity contribution < 1.29 is 4.79 Å². The summed E-state index contributed by atoms with van der Waals surface area (Å²) in [5, 5.41) is 9.32. The second-order valence-electron chi connectivity index (χ2n) is 5.61. The van der Waals surface area contributed by atoms with Crippen LogP contribution in [0.15, 0.2) is 17.1 Å². The van der Waals surface area contributed by atoms with Gasteiger partial charge in [0.15, 0.2) is 0 Å². The van der Waals surface area contributed by atoms with E-state index in [1.165, 1.54) is 6.07 Å². The van der Waals surface area contributed by atoms with Crippen LogP contribution in [0.5, 0.6) is 0 Å². The normalized spacial score (nSPS) is 18.8. The first-order valence-corrected chi connectivity index (χ1v) is 7.74. The topological polar surface area (TPSA) is 78.1 Å². The van der Waals surface area contributed by atoms with Gasteiger partial charge < -0.3 is 10.2 Å². The second kappa shape index (κ2) is 7.24. The average molecular weight is 292 g/mol. The molecular formula is C15H24N4O2. The summed E-state index contributed by atoms with van der Waals surface area (Å²) in [5.74, 6) is 0.116. The fourth-order valence-electron chi connectivity index (χ4n) is 2.78. The molecule has 0 spiro atoms. The number of amides is 1. The predicted molar refractivity (Wildman–Crippen MR) is 82.3 cm³/mol. The van der Waals surface area contributed by atoms with Gasteiger partial charge in [-0.1, -0.05) is 13.8 Å². The lowest BCUT2D eigenvalue weighted by Crippen LogP contribution is -2.46. The zero-order valence-electron chi connectivity index (χ0n) is 12.8. The molecule has 1 atom stereocenters. The zero-order valence-corrected chi connectivity index (χ0v) is 12.8. The van der Waals surface area contributed by atoms with Crippen LogP contribution < -0.4 is 15.8 Å². The molecule has 2 heterocycles. The first-order valence-electron chi connectivity index (χ1n) is 7.74. The van der Waals surface area contributed by atoms with E-state index in [1.54, 1.807) is 6.20 Å². The molecule has 116 valence electrons.